The number of guanidine groups is 1. The monoisotopic (exact) mass is 388 g/mol. The first kappa shape index (κ1) is 20.8. The zero-order valence-corrected chi connectivity index (χ0v) is 17.7. The number of rotatable bonds is 9. The van der Waals surface area contributed by atoms with E-state index >= 15 is 0 Å². The SMILES string of the molecule is CCNC(=NCC1(CCOCC)CC1)N1CCN(c2cccc(OC)c2)CC1. The minimum absolute atomic E-state index is 0.387. The van der Waals surface area contributed by atoms with Crippen LogP contribution in [0.5, 0.6) is 5.75 Å². The first-order valence-electron chi connectivity index (χ1n) is 10.7. The molecule has 1 N–H and O–H groups in total. The molecule has 1 aromatic carbocycles. The Morgan fingerprint density at radius 2 is 1.96 bits per heavy atom. The van der Waals surface area contributed by atoms with Gasteiger partial charge < -0.3 is 24.6 Å². The van der Waals surface area contributed by atoms with Crippen molar-refractivity contribution in [2.45, 2.75) is 33.1 Å². The van der Waals surface area contributed by atoms with Gasteiger partial charge in [-0.25, -0.2) is 0 Å². The average molecular weight is 389 g/mol. The maximum atomic E-state index is 5.56. The fourth-order valence-corrected chi connectivity index (χ4v) is 3.75. The molecule has 0 amide bonds. The molecule has 0 atom stereocenters. The molecular formula is C22H36N4O2. The topological polar surface area (TPSA) is 49.3 Å². The van der Waals surface area contributed by atoms with Crippen LogP contribution in [0.4, 0.5) is 5.69 Å². The molecule has 1 aliphatic carbocycles. The molecule has 0 aromatic heterocycles. The van der Waals surface area contributed by atoms with E-state index < -0.39 is 0 Å². The summed E-state index contributed by atoms with van der Waals surface area (Å²) in [7, 11) is 1.72. The third-order valence-electron chi connectivity index (χ3n) is 5.83. The number of nitrogens with one attached hydrogen (secondary N) is 1. The number of benzene rings is 1. The van der Waals surface area contributed by atoms with Gasteiger partial charge in [0.15, 0.2) is 5.96 Å². The highest BCUT2D eigenvalue weighted by atomic mass is 16.5. The van der Waals surface area contributed by atoms with Crippen molar-refractivity contribution in [3.05, 3.63) is 24.3 Å². The minimum atomic E-state index is 0.387. The number of hydrogen-bond acceptors (Lipinski definition) is 4. The van der Waals surface area contributed by atoms with E-state index in [0.717, 1.165) is 70.6 Å². The van der Waals surface area contributed by atoms with Crippen LogP contribution in [0, 0.1) is 5.41 Å². The van der Waals surface area contributed by atoms with Crippen LogP contribution >= 0.6 is 0 Å². The van der Waals surface area contributed by atoms with Crippen LogP contribution in [-0.2, 0) is 4.74 Å². The highest BCUT2D eigenvalue weighted by Gasteiger charge is 2.42. The zero-order chi connectivity index (χ0) is 19.8. The molecule has 2 aliphatic rings. The van der Waals surface area contributed by atoms with Gasteiger partial charge in [0.25, 0.3) is 0 Å². The smallest absolute Gasteiger partial charge is 0.194 e. The van der Waals surface area contributed by atoms with Crippen molar-refractivity contribution in [2.75, 3.05) is 64.5 Å². The molecule has 3 rings (SSSR count). The van der Waals surface area contributed by atoms with E-state index in [2.05, 4.69) is 47.2 Å². The quantitative estimate of drug-likeness (QED) is 0.400. The van der Waals surface area contributed by atoms with E-state index in [0.29, 0.717) is 5.41 Å². The van der Waals surface area contributed by atoms with E-state index in [1.165, 1.54) is 18.5 Å². The van der Waals surface area contributed by atoms with E-state index in [1.54, 1.807) is 7.11 Å². The number of anilines is 1. The lowest BCUT2D eigenvalue weighted by molar-refractivity contribution is 0.129. The first-order chi connectivity index (χ1) is 13.7. The summed E-state index contributed by atoms with van der Waals surface area (Å²) in [6.07, 6.45) is 3.70. The van der Waals surface area contributed by atoms with Gasteiger partial charge in [-0.3, -0.25) is 4.99 Å². The van der Waals surface area contributed by atoms with Crippen molar-refractivity contribution in [3.63, 3.8) is 0 Å². The minimum Gasteiger partial charge on any atom is -0.497 e. The van der Waals surface area contributed by atoms with Crippen LogP contribution in [-0.4, -0.2) is 70.5 Å². The van der Waals surface area contributed by atoms with Gasteiger partial charge in [-0.05, 0) is 50.7 Å². The predicted octanol–water partition coefficient (Wildman–Crippen LogP) is 2.99. The Labute approximate surface area is 169 Å². The molecule has 1 saturated heterocycles. The summed E-state index contributed by atoms with van der Waals surface area (Å²) in [4.78, 5) is 9.84. The summed E-state index contributed by atoms with van der Waals surface area (Å²) in [6.45, 7) is 11.6. The molecule has 28 heavy (non-hydrogen) atoms. The van der Waals surface area contributed by atoms with Gasteiger partial charge in [0, 0.05) is 64.2 Å². The Bertz CT molecular complexity index is 637. The molecule has 6 heteroatoms. The Morgan fingerprint density at radius 1 is 1.18 bits per heavy atom. The standard InChI is InChI=1S/C22H36N4O2/c1-4-23-21(24-18-22(9-10-22)11-16-28-5-2)26-14-12-25(13-15-26)19-7-6-8-20(17-19)27-3/h6-8,17H,4-5,9-16,18H2,1-3H3,(H,23,24). The third kappa shape index (κ3) is 5.53. The number of methoxy groups -OCH3 is 1. The molecule has 1 aliphatic heterocycles. The lowest BCUT2D eigenvalue weighted by atomic mass is 10.0. The van der Waals surface area contributed by atoms with Gasteiger partial charge in [-0.1, -0.05) is 6.07 Å². The molecule has 1 heterocycles. The van der Waals surface area contributed by atoms with Crippen molar-refractivity contribution in [2.24, 2.45) is 10.4 Å². The van der Waals surface area contributed by atoms with E-state index in [-0.39, 0.29) is 0 Å². The second-order valence-electron chi connectivity index (χ2n) is 7.79. The lowest BCUT2D eigenvalue weighted by Crippen LogP contribution is -2.52. The number of hydrogen-bond donors (Lipinski definition) is 1. The van der Waals surface area contributed by atoms with Crippen molar-refractivity contribution in [3.8, 4) is 5.75 Å². The van der Waals surface area contributed by atoms with Crippen molar-refractivity contribution in [1.82, 2.24) is 10.2 Å². The van der Waals surface area contributed by atoms with Crippen LogP contribution in [0.2, 0.25) is 0 Å². The molecule has 0 spiro atoms. The van der Waals surface area contributed by atoms with Crippen LogP contribution < -0.4 is 15.0 Å². The first-order valence-corrected chi connectivity index (χ1v) is 10.7. The highest BCUT2D eigenvalue weighted by Crippen LogP contribution is 2.49. The number of aliphatic imine (C=N–C) groups is 1. The van der Waals surface area contributed by atoms with Crippen LogP contribution in [0.3, 0.4) is 0 Å². The largest absolute Gasteiger partial charge is 0.497 e. The third-order valence-corrected chi connectivity index (χ3v) is 5.83. The molecule has 0 bridgehead atoms. The van der Waals surface area contributed by atoms with Gasteiger partial charge in [-0.15, -0.1) is 0 Å². The summed E-state index contributed by atoms with van der Waals surface area (Å²) in [5.41, 5.74) is 1.62. The molecule has 2 fully saturated rings. The van der Waals surface area contributed by atoms with Gasteiger partial charge in [0.05, 0.1) is 7.11 Å². The van der Waals surface area contributed by atoms with Crippen molar-refractivity contribution >= 4 is 11.6 Å². The fourth-order valence-electron chi connectivity index (χ4n) is 3.75. The van der Waals surface area contributed by atoms with Gasteiger partial charge >= 0.3 is 0 Å². The second-order valence-corrected chi connectivity index (χ2v) is 7.79. The average Bonchev–Trinajstić information content (AvgIpc) is 3.51. The number of nitrogens with zero attached hydrogens (tertiary/aromatic N) is 3. The number of ether oxygens (including phenoxy) is 2. The molecule has 156 valence electrons. The normalized spacial score (nSPS) is 18.9. The Morgan fingerprint density at radius 3 is 2.61 bits per heavy atom. The molecule has 0 radical (unpaired) electrons. The number of piperazine rings is 1. The highest BCUT2D eigenvalue weighted by molar-refractivity contribution is 5.80. The molecule has 1 saturated carbocycles. The molecule has 1 aromatic rings. The Hall–Kier alpha value is -1.95. The van der Waals surface area contributed by atoms with Crippen LogP contribution in [0.25, 0.3) is 0 Å². The maximum absolute atomic E-state index is 5.56. The fraction of sp³-hybridized carbons (Fsp3) is 0.682. The van der Waals surface area contributed by atoms with Gasteiger partial charge in [0.1, 0.15) is 5.75 Å². The summed E-state index contributed by atoms with van der Waals surface area (Å²) >= 11 is 0. The summed E-state index contributed by atoms with van der Waals surface area (Å²) in [6, 6.07) is 8.33. The summed E-state index contributed by atoms with van der Waals surface area (Å²) in [5.74, 6) is 1.98. The molecule has 0 unspecified atom stereocenters. The summed E-state index contributed by atoms with van der Waals surface area (Å²) in [5, 5.41) is 3.50. The van der Waals surface area contributed by atoms with Crippen LogP contribution in [0.15, 0.2) is 29.3 Å². The zero-order valence-electron chi connectivity index (χ0n) is 17.7. The Balaban J connectivity index is 1.55. The van der Waals surface area contributed by atoms with E-state index in [1.807, 2.05) is 6.07 Å². The summed E-state index contributed by atoms with van der Waals surface area (Å²) < 4.78 is 10.9. The molecular weight excluding hydrogens is 352 g/mol. The Kier molecular flexibility index (Phi) is 7.43. The van der Waals surface area contributed by atoms with Crippen LogP contribution in [0.1, 0.15) is 33.1 Å². The molecule has 6 nitrogen and oxygen atoms in total. The second kappa shape index (κ2) is 10.0. The van der Waals surface area contributed by atoms with E-state index in [4.69, 9.17) is 14.5 Å². The van der Waals surface area contributed by atoms with Gasteiger partial charge in [0.2, 0.25) is 0 Å². The predicted molar refractivity (Wildman–Crippen MR) is 116 cm³/mol. The van der Waals surface area contributed by atoms with E-state index in [9.17, 15) is 0 Å². The van der Waals surface area contributed by atoms with Crippen molar-refractivity contribution in [1.29, 1.82) is 0 Å². The lowest BCUT2D eigenvalue weighted by Gasteiger charge is -2.38. The van der Waals surface area contributed by atoms with Gasteiger partial charge in [-0.2, -0.15) is 0 Å². The van der Waals surface area contributed by atoms with Crippen molar-refractivity contribution < 1.29 is 9.47 Å². The maximum Gasteiger partial charge on any atom is 0.194 e.